The molecule has 2 aromatic heterocycles. The number of hydrogen-bond acceptors (Lipinski definition) is 5. The van der Waals surface area contributed by atoms with Gasteiger partial charge in [-0.25, -0.2) is 0 Å². The topological polar surface area (TPSA) is 44.2 Å². The highest BCUT2D eigenvalue weighted by Gasteiger charge is 2.52. The fourth-order valence-electron chi connectivity index (χ4n) is 1.98. The molecule has 1 saturated heterocycles. The minimum Gasteiger partial charge on any atom is -0.398 e. The Hall–Kier alpha value is -1.24. The molecule has 0 amide bonds. The summed E-state index contributed by atoms with van der Waals surface area (Å²) in [6.07, 6.45) is 3.50. The van der Waals surface area contributed by atoms with E-state index in [-0.39, 0.29) is 11.2 Å². The molecule has 104 valence electrons. The molecule has 3 heterocycles. The number of nitrogens with zero attached hydrogens (tertiary/aromatic N) is 2. The predicted octanol–water partition coefficient (Wildman–Crippen LogP) is 2.50. The van der Waals surface area contributed by atoms with Gasteiger partial charge in [0.25, 0.3) is 0 Å². The van der Waals surface area contributed by atoms with Crippen LogP contribution in [-0.2, 0) is 9.31 Å². The van der Waals surface area contributed by atoms with Crippen molar-refractivity contribution in [1.82, 2.24) is 9.97 Å². The summed E-state index contributed by atoms with van der Waals surface area (Å²) in [6.45, 7) is 8.11. The first kappa shape index (κ1) is 13.7. The molecule has 0 spiro atoms. The molecule has 6 heteroatoms. The van der Waals surface area contributed by atoms with Crippen LogP contribution in [0.3, 0.4) is 0 Å². The SMILES string of the molecule is CC1(C)OB(c2cnc(-c3ccsc3)cn2)OC1(C)C. The van der Waals surface area contributed by atoms with Gasteiger partial charge >= 0.3 is 7.12 Å². The second-order valence-electron chi connectivity index (χ2n) is 5.93. The summed E-state index contributed by atoms with van der Waals surface area (Å²) in [5.41, 5.74) is 1.95. The Morgan fingerprint density at radius 3 is 2.25 bits per heavy atom. The van der Waals surface area contributed by atoms with E-state index in [0.717, 1.165) is 11.3 Å². The highest BCUT2D eigenvalue weighted by atomic mass is 32.1. The smallest absolute Gasteiger partial charge is 0.398 e. The van der Waals surface area contributed by atoms with Gasteiger partial charge in [-0.15, -0.1) is 0 Å². The number of thiophene rings is 1. The van der Waals surface area contributed by atoms with Crippen LogP contribution in [0, 0.1) is 0 Å². The van der Waals surface area contributed by atoms with Crippen LogP contribution in [0.2, 0.25) is 0 Å². The van der Waals surface area contributed by atoms with Gasteiger partial charge in [0.1, 0.15) is 0 Å². The second kappa shape index (κ2) is 4.65. The third kappa shape index (κ3) is 2.28. The maximum absolute atomic E-state index is 5.96. The summed E-state index contributed by atoms with van der Waals surface area (Å²) < 4.78 is 11.9. The first-order chi connectivity index (χ1) is 9.39. The molecule has 0 aliphatic carbocycles. The number of rotatable bonds is 2. The molecule has 0 radical (unpaired) electrons. The van der Waals surface area contributed by atoms with Gasteiger partial charge in [0, 0.05) is 17.1 Å². The zero-order chi connectivity index (χ0) is 14.4. The molecule has 4 nitrogen and oxygen atoms in total. The van der Waals surface area contributed by atoms with Crippen LogP contribution in [0.1, 0.15) is 27.7 Å². The van der Waals surface area contributed by atoms with E-state index >= 15 is 0 Å². The summed E-state index contributed by atoms with van der Waals surface area (Å²) in [5, 5.41) is 4.08. The lowest BCUT2D eigenvalue weighted by molar-refractivity contribution is 0.00578. The van der Waals surface area contributed by atoms with Crippen LogP contribution < -0.4 is 5.59 Å². The van der Waals surface area contributed by atoms with Crippen molar-refractivity contribution in [2.75, 3.05) is 0 Å². The zero-order valence-electron chi connectivity index (χ0n) is 12.1. The van der Waals surface area contributed by atoms with E-state index < -0.39 is 7.12 Å². The quantitative estimate of drug-likeness (QED) is 0.796. The van der Waals surface area contributed by atoms with Crippen LogP contribution >= 0.6 is 11.3 Å². The molecule has 0 aromatic carbocycles. The van der Waals surface area contributed by atoms with Gasteiger partial charge in [-0.2, -0.15) is 11.3 Å². The van der Waals surface area contributed by atoms with Crippen molar-refractivity contribution >= 4 is 24.0 Å². The van der Waals surface area contributed by atoms with Crippen LogP contribution in [0.25, 0.3) is 11.3 Å². The van der Waals surface area contributed by atoms with Gasteiger partial charge < -0.3 is 9.31 Å². The Labute approximate surface area is 123 Å². The maximum atomic E-state index is 5.96. The Kier molecular flexibility index (Phi) is 3.19. The Morgan fingerprint density at radius 2 is 1.75 bits per heavy atom. The minimum atomic E-state index is -0.455. The molecule has 1 aliphatic heterocycles. The molecular weight excluding hydrogens is 271 g/mol. The molecule has 0 atom stereocenters. The van der Waals surface area contributed by atoms with Crippen molar-refractivity contribution in [2.24, 2.45) is 0 Å². The van der Waals surface area contributed by atoms with Crippen LogP contribution in [-0.4, -0.2) is 28.3 Å². The second-order valence-corrected chi connectivity index (χ2v) is 6.71. The van der Waals surface area contributed by atoms with E-state index in [0.29, 0.717) is 5.59 Å². The van der Waals surface area contributed by atoms with E-state index in [2.05, 4.69) is 15.3 Å². The molecular formula is C14H17BN2O2S. The van der Waals surface area contributed by atoms with Crippen molar-refractivity contribution in [3.8, 4) is 11.3 Å². The van der Waals surface area contributed by atoms with E-state index in [4.69, 9.17) is 9.31 Å². The highest BCUT2D eigenvalue weighted by Crippen LogP contribution is 2.36. The van der Waals surface area contributed by atoms with E-state index in [1.54, 1.807) is 23.7 Å². The van der Waals surface area contributed by atoms with Gasteiger partial charge in [0.2, 0.25) is 0 Å². The summed E-state index contributed by atoms with van der Waals surface area (Å²) >= 11 is 1.65. The third-order valence-corrected chi connectivity index (χ3v) is 4.67. The standard InChI is InChI=1S/C14H17BN2O2S/c1-13(2)14(3,4)19-15(18-13)12-8-16-11(7-17-12)10-5-6-20-9-10/h5-9H,1-4H3. The van der Waals surface area contributed by atoms with Crippen molar-refractivity contribution in [2.45, 2.75) is 38.9 Å². The predicted molar refractivity (Wildman–Crippen MR) is 81.1 cm³/mol. The number of hydrogen-bond donors (Lipinski definition) is 0. The molecule has 0 saturated carbocycles. The van der Waals surface area contributed by atoms with Crippen LogP contribution in [0.5, 0.6) is 0 Å². The summed E-state index contributed by atoms with van der Waals surface area (Å²) in [7, 11) is -0.455. The average molecular weight is 288 g/mol. The molecule has 0 unspecified atom stereocenters. The van der Waals surface area contributed by atoms with Gasteiger partial charge in [0.15, 0.2) is 0 Å². The first-order valence-corrected chi connectivity index (χ1v) is 7.53. The summed E-state index contributed by atoms with van der Waals surface area (Å²) in [5.74, 6) is 0. The molecule has 1 fully saturated rings. The van der Waals surface area contributed by atoms with E-state index in [1.807, 2.05) is 39.1 Å². The van der Waals surface area contributed by atoms with E-state index in [1.165, 1.54) is 0 Å². The first-order valence-electron chi connectivity index (χ1n) is 6.59. The van der Waals surface area contributed by atoms with Crippen molar-refractivity contribution in [3.05, 3.63) is 29.2 Å². The minimum absolute atomic E-state index is 0.356. The fraction of sp³-hybridized carbons (Fsp3) is 0.429. The lowest BCUT2D eigenvalue weighted by atomic mass is 9.85. The zero-order valence-corrected chi connectivity index (χ0v) is 12.9. The van der Waals surface area contributed by atoms with Crippen LogP contribution in [0.15, 0.2) is 29.2 Å². The maximum Gasteiger partial charge on any atom is 0.516 e. The number of aromatic nitrogens is 2. The molecule has 2 aromatic rings. The lowest BCUT2D eigenvalue weighted by Crippen LogP contribution is -2.41. The Morgan fingerprint density at radius 1 is 1.05 bits per heavy atom. The van der Waals surface area contributed by atoms with Gasteiger partial charge in [-0.1, -0.05) is 0 Å². The summed E-state index contributed by atoms with van der Waals surface area (Å²) in [6, 6.07) is 2.03. The molecule has 0 bridgehead atoms. The monoisotopic (exact) mass is 288 g/mol. The van der Waals surface area contributed by atoms with Crippen molar-refractivity contribution in [3.63, 3.8) is 0 Å². The Bertz CT molecular complexity index is 580. The highest BCUT2D eigenvalue weighted by molar-refractivity contribution is 7.08. The van der Waals surface area contributed by atoms with Crippen molar-refractivity contribution < 1.29 is 9.31 Å². The van der Waals surface area contributed by atoms with Crippen molar-refractivity contribution in [1.29, 1.82) is 0 Å². The van der Waals surface area contributed by atoms with Gasteiger partial charge in [0.05, 0.1) is 28.7 Å². The van der Waals surface area contributed by atoms with Crippen LogP contribution in [0.4, 0.5) is 0 Å². The average Bonchev–Trinajstić information content (AvgIpc) is 2.97. The van der Waals surface area contributed by atoms with E-state index in [9.17, 15) is 0 Å². The lowest BCUT2D eigenvalue weighted by Gasteiger charge is -2.32. The fourth-order valence-corrected chi connectivity index (χ4v) is 2.63. The van der Waals surface area contributed by atoms with Gasteiger partial charge in [-0.3, -0.25) is 9.97 Å². The normalized spacial score (nSPS) is 20.3. The molecule has 0 N–H and O–H groups in total. The molecule has 1 aliphatic rings. The molecule has 20 heavy (non-hydrogen) atoms. The Balaban J connectivity index is 1.83. The third-order valence-electron chi connectivity index (χ3n) is 3.98. The van der Waals surface area contributed by atoms with Gasteiger partial charge in [-0.05, 0) is 39.1 Å². The molecule has 3 rings (SSSR count). The largest absolute Gasteiger partial charge is 0.516 e. The summed E-state index contributed by atoms with van der Waals surface area (Å²) in [4.78, 5) is 8.89.